The maximum Gasteiger partial charge on any atom is 0.252 e. The molecule has 0 fully saturated rings. The number of hydrazine groups is 1. The van der Waals surface area contributed by atoms with E-state index in [2.05, 4.69) is 31.7 Å². The Hall–Kier alpha value is -1.14. The fourth-order valence-corrected chi connectivity index (χ4v) is 1.22. The summed E-state index contributed by atoms with van der Waals surface area (Å²) in [7, 11) is 1.56. The lowest BCUT2D eigenvalue weighted by molar-refractivity contribution is 0.0962. The van der Waals surface area contributed by atoms with Crippen LogP contribution in [-0.2, 0) is 0 Å². The smallest absolute Gasteiger partial charge is 0.252 e. The zero-order valence-corrected chi connectivity index (χ0v) is 8.55. The first-order valence-corrected chi connectivity index (χ1v) is 4.32. The average Bonchev–Trinajstić information content (AvgIpc) is 2.17. The van der Waals surface area contributed by atoms with Gasteiger partial charge in [-0.05, 0) is 22.0 Å². The third-order valence-electron chi connectivity index (χ3n) is 1.47. The maximum atomic E-state index is 11.3. The molecule has 0 bridgehead atoms. The molecule has 0 unspecified atom stereocenters. The zero-order valence-electron chi connectivity index (χ0n) is 6.97. The number of nitrogens with two attached hydrogens (primary N) is 1. The van der Waals surface area contributed by atoms with E-state index in [0.29, 0.717) is 15.9 Å². The number of hydrogen-bond acceptors (Lipinski definition) is 4. The molecule has 0 aliphatic rings. The predicted octanol–water partition coefficient (Wildman–Crippen LogP) is 0.489. The highest BCUT2D eigenvalue weighted by Gasteiger charge is 2.09. The number of halogens is 1. The Morgan fingerprint density at radius 1 is 1.69 bits per heavy atom. The number of aromatic nitrogens is 1. The number of nitrogen functional groups attached to an aromatic ring is 1. The minimum Gasteiger partial charge on any atom is -0.355 e. The van der Waals surface area contributed by atoms with E-state index in [1.165, 1.54) is 6.20 Å². The SMILES string of the molecule is CNC(=O)c1cc(NN)ncc1Br. The Kier molecular flexibility index (Phi) is 3.21. The van der Waals surface area contributed by atoms with E-state index in [1.54, 1.807) is 13.1 Å². The van der Waals surface area contributed by atoms with E-state index in [1.807, 2.05) is 0 Å². The van der Waals surface area contributed by atoms with Crippen molar-refractivity contribution in [2.75, 3.05) is 12.5 Å². The molecule has 0 aromatic carbocycles. The second-order valence-electron chi connectivity index (χ2n) is 2.27. The number of hydrogen-bond donors (Lipinski definition) is 3. The molecule has 0 atom stereocenters. The molecule has 0 aliphatic carbocycles. The zero-order chi connectivity index (χ0) is 9.84. The Labute approximate surface area is 83.8 Å². The highest BCUT2D eigenvalue weighted by atomic mass is 79.9. The number of anilines is 1. The molecular formula is C7H9BrN4O. The van der Waals surface area contributed by atoms with Gasteiger partial charge in [0, 0.05) is 17.7 Å². The molecule has 1 rings (SSSR count). The van der Waals surface area contributed by atoms with Crippen molar-refractivity contribution in [2.45, 2.75) is 0 Å². The minimum atomic E-state index is -0.189. The molecule has 1 heterocycles. The van der Waals surface area contributed by atoms with Crippen LogP contribution < -0.4 is 16.6 Å². The van der Waals surface area contributed by atoms with Gasteiger partial charge in [-0.15, -0.1) is 0 Å². The van der Waals surface area contributed by atoms with E-state index >= 15 is 0 Å². The first-order valence-electron chi connectivity index (χ1n) is 3.53. The van der Waals surface area contributed by atoms with Crippen LogP contribution >= 0.6 is 15.9 Å². The van der Waals surface area contributed by atoms with Crippen LogP contribution in [-0.4, -0.2) is 17.9 Å². The monoisotopic (exact) mass is 244 g/mol. The molecule has 4 N–H and O–H groups in total. The summed E-state index contributed by atoms with van der Waals surface area (Å²) in [5.74, 6) is 5.41. The van der Waals surface area contributed by atoms with E-state index in [4.69, 9.17) is 5.84 Å². The van der Waals surface area contributed by atoms with Crippen molar-refractivity contribution in [3.63, 3.8) is 0 Å². The fourth-order valence-electron chi connectivity index (χ4n) is 0.826. The van der Waals surface area contributed by atoms with Gasteiger partial charge in [-0.3, -0.25) is 4.79 Å². The lowest BCUT2D eigenvalue weighted by Crippen LogP contribution is -2.19. The van der Waals surface area contributed by atoms with Crippen LogP contribution in [0.15, 0.2) is 16.7 Å². The number of nitrogens with zero attached hydrogens (tertiary/aromatic N) is 1. The van der Waals surface area contributed by atoms with Gasteiger partial charge >= 0.3 is 0 Å². The first kappa shape index (κ1) is 9.94. The molecular weight excluding hydrogens is 236 g/mol. The van der Waals surface area contributed by atoms with Gasteiger partial charge in [0.2, 0.25) is 0 Å². The van der Waals surface area contributed by atoms with Crippen LogP contribution in [0.25, 0.3) is 0 Å². The number of amides is 1. The molecule has 5 nitrogen and oxygen atoms in total. The lowest BCUT2D eigenvalue weighted by atomic mass is 10.2. The number of carbonyl (C=O) groups excluding carboxylic acids is 1. The summed E-state index contributed by atoms with van der Waals surface area (Å²) in [6.45, 7) is 0. The van der Waals surface area contributed by atoms with Crippen LogP contribution in [0.5, 0.6) is 0 Å². The quantitative estimate of drug-likeness (QED) is 0.523. The molecule has 1 aromatic rings. The summed E-state index contributed by atoms with van der Waals surface area (Å²) in [4.78, 5) is 15.2. The third-order valence-corrected chi connectivity index (χ3v) is 2.11. The highest BCUT2D eigenvalue weighted by molar-refractivity contribution is 9.10. The van der Waals surface area contributed by atoms with E-state index in [-0.39, 0.29) is 5.91 Å². The second-order valence-corrected chi connectivity index (χ2v) is 3.13. The highest BCUT2D eigenvalue weighted by Crippen LogP contribution is 2.17. The standard InChI is InChI=1S/C7H9BrN4O/c1-10-7(13)4-2-6(12-9)11-3-5(4)8/h2-3H,9H2,1H3,(H,10,13)(H,11,12). The molecule has 6 heteroatoms. The van der Waals surface area contributed by atoms with Crippen LogP contribution in [0.2, 0.25) is 0 Å². The Morgan fingerprint density at radius 3 is 2.92 bits per heavy atom. The maximum absolute atomic E-state index is 11.3. The van der Waals surface area contributed by atoms with Gasteiger partial charge in [0.05, 0.1) is 5.56 Å². The summed E-state index contributed by atoms with van der Waals surface area (Å²) in [5.41, 5.74) is 2.85. The Balaban J connectivity index is 3.11. The van der Waals surface area contributed by atoms with Gasteiger partial charge in [0.25, 0.3) is 5.91 Å². The predicted molar refractivity (Wildman–Crippen MR) is 53.1 cm³/mol. The van der Waals surface area contributed by atoms with Gasteiger partial charge in [0.1, 0.15) is 5.82 Å². The lowest BCUT2D eigenvalue weighted by Gasteiger charge is -2.04. The summed E-state index contributed by atoms with van der Waals surface area (Å²) in [6, 6.07) is 1.56. The summed E-state index contributed by atoms with van der Waals surface area (Å²) < 4.78 is 0.630. The topological polar surface area (TPSA) is 80.0 Å². The van der Waals surface area contributed by atoms with Crippen molar-refractivity contribution >= 4 is 27.7 Å². The number of pyridine rings is 1. The van der Waals surface area contributed by atoms with Crippen LogP contribution in [0.3, 0.4) is 0 Å². The fraction of sp³-hybridized carbons (Fsp3) is 0.143. The number of nitrogens with one attached hydrogen (secondary N) is 2. The van der Waals surface area contributed by atoms with Crippen molar-refractivity contribution in [2.24, 2.45) is 5.84 Å². The molecule has 1 amide bonds. The minimum absolute atomic E-state index is 0.189. The van der Waals surface area contributed by atoms with E-state index in [0.717, 1.165) is 0 Å². The summed E-state index contributed by atoms with van der Waals surface area (Å²) in [6.07, 6.45) is 1.51. The molecule has 0 saturated carbocycles. The molecule has 0 saturated heterocycles. The van der Waals surface area contributed by atoms with Gasteiger partial charge in [-0.25, -0.2) is 10.8 Å². The third kappa shape index (κ3) is 2.16. The van der Waals surface area contributed by atoms with Crippen molar-refractivity contribution in [3.05, 3.63) is 22.3 Å². The van der Waals surface area contributed by atoms with Crippen LogP contribution in [0.1, 0.15) is 10.4 Å². The van der Waals surface area contributed by atoms with Crippen molar-refractivity contribution in [3.8, 4) is 0 Å². The number of carbonyl (C=O) groups is 1. The Morgan fingerprint density at radius 2 is 2.38 bits per heavy atom. The molecule has 0 aliphatic heterocycles. The first-order chi connectivity index (χ1) is 6.19. The largest absolute Gasteiger partial charge is 0.355 e. The molecule has 0 radical (unpaired) electrons. The van der Waals surface area contributed by atoms with Gasteiger partial charge in [0.15, 0.2) is 0 Å². The molecule has 1 aromatic heterocycles. The summed E-state index contributed by atoms with van der Waals surface area (Å²) in [5, 5.41) is 2.51. The van der Waals surface area contributed by atoms with Crippen molar-refractivity contribution < 1.29 is 4.79 Å². The van der Waals surface area contributed by atoms with Gasteiger partial charge < -0.3 is 10.7 Å². The molecule has 13 heavy (non-hydrogen) atoms. The second kappa shape index (κ2) is 4.20. The van der Waals surface area contributed by atoms with Crippen LogP contribution in [0.4, 0.5) is 5.82 Å². The number of rotatable bonds is 2. The molecule has 0 spiro atoms. The average molecular weight is 245 g/mol. The molecule has 70 valence electrons. The Bertz CT molecular complexity index is 328. The van der Waals surface area contributed by atoms with Crippen molar-refractivity contribution in [1.29, 1.82) is 0 Å². The normalized spacial score (nSPS) is 9.46. The van der Waals surface area contributed by atoms with Crippen molar-refractivity contribution in [1.82, 2.24) is 10.3 Å². The summed E-state index contributed by atoms with van der Waals surface area (Å²) >= 11 is 3.21. The van der Waals surface area contributed by atoms with Gasteiger partial charge in [-0.1, -0.05) is 0 Å². The van der Waals surface area contributed by atoms with E-state index < -0.39 is 0 Å². The van der Waals surface area contributed by atoms with Crippen LogP contribution in [0, 0.1) is 0 Å². The van der Waals surface area contributed by atoms with Gasteiger partial charge in [-0.2, -0.15) is 0 Å². The van der Waals surface area contributed by atoms with E-state index in [9.17, 15) is 4.79 Å².